The summed E-state index contributed by atoms with van der Waals surface area (Å²) >= 11 is 0. The second-order valence-electron chi connectivity index (χ2n) is 6.55. The van der Waals surface area contributed by atoms with Crippen LogP contribution in [0.15, 0.2) is 24.3 Å². The van der Waals surface area contributed by atoms with Gasteiger partial charge < -0.3 is 15.0 Å². The van der Waals surface area contributed by atoms with Crippen molar-refractivity contribution >= 4 is 0 Å². The van der Waals surface area contributed by atoms with Crippen LogP contribution >= 0.6 is 0 Å². The monoisotopic (exact) mass is 290 g/mol. The van der Waals surface area contributed by atoms with Gasteiger partial charge in [0.05, 0.1) is 6.61 Å². The molecule has 0 aromatic heterocycles. The average Bonchev–Trinajstić information content (AvgIpc) is 2.51. The van der Waals surface area contributed by atoms with Crippen molar-refractivity contribution in [2.45, 2.75) is 50.6 Å². The third-order valence-electron chi connectivity index (χ3n) is 5.44. The van der Waals surface area contributed by atoms with Gasteiger partial charge in [-0.2, -0.15) is 0 Å². The quantitative estimate of drug-likeness (QED) is 0.870. The summed E-state index contributed by atoms with van der Waals surface area (Å²) in [5.41, 5.74) is 1.54. The maximum atomic E-state index is 5.80. The number of nitrogens with zero attached hydrogens (tertiary/aromatic N) is 1. The van der Waals surface area contributed by atoms with E-state index in [1.165, 1.54) is 5.56 Å². The van der Waals surface area contributed by atoms with Gasteiger partial charge in [0.15, 0.2) is 0 Å². The molecule has 1 aliphatic rings. The number of rotatable bonds is 6. The van der Waals surface area contributed by atoms with Crippen LogP contribution in [0.4, 0.5) is 0 Å². The van der Waals surface area contributed by atoms with Crippen LogP contribution in [0.2, 0.25) is 0 Å². The molecule has 2 rings (SSSR count). The Morgan fingerprint density at radius 3 is 2.71 bits per heavy atom. The average molecular weight is 290 g/mol. The smallest absolute Gasteiger partial charge is 0.122 e. The van der Waals surface area contributed by atoms with Crippen LogP contribution in [0.1, 0.15) is 44.6 Å². The SMILES string of the molecule is CCC(C)(C(CC1CCOc2ccccc21)NC)N(C)C. The van der Waals surface area contributed by atoms with Gasteiger partial charge in [-0.3, -0.25) is 0 Å². The molecule has 118 valence electrons. The number of para-hydroxylation sites is 1. The molecule has 1 heterocycles. The fourth-order valence-corrected chi connectivity index (χ4v) is 3.50. The highest BCUT2D eigenvalue weighted by Crippen LogP contribution is 2.38. The highest BCUT2D eigenvalue weighted by atomic mass is 16.5. The molecule has 0 saturated carbocycles. The van der Waals surface area contributed by atoms with E-state index in [4.69, 9.17) is 4.74 Å². The zero-order chi connectivity index (χ0) is 15.5. The zero-order valence-electron chi connectivity index (χ0n) is 14.1. The third-order valence-corrected chi connectivity index (χ3v) is 5.44. The van der Waals surface area contributed by atoms with Crippen LogP contribution in [0.3, 0.4) is 0 Å². The standard InChI is InChI=1S/C18H30N2O/c1-6-18(2,20(4)5)17(19-3)13-14-11-12-21-16-10-8-7-9-15(14)16/h7-10,14,17,19H,6,11-13H2,1-5H3. The number of likely N-dealkylation sites (N-methyl/N-ethyl adjacent to an activating group) is 2. The lowest BCUT2D eigenvalue weighted by Gasteiger charge is -2.44. The molecule has 0 amide bonds. The van der Waals surface area contributed by atoms with Crippen molar-refractivity contribution in [2.75, 3.05) is 27.7 Å². The Morgan fingerprint density at radius 2 is 2.10 bits per heavy atom. The topological polar surface area (TPSA) is 24.5 Å². The van der Waals surface area contributed by atoms with E-state index in [0.29, 0.717) is 12.0 Å². The molecule has 3 atom stereocenters. The lowest BCUT2D eigenvalue weighted by atomic mass is 9.79. The Kier molecular flexibility index (Phi) is 5.28. The molecule has 3 heteroatoms. The molecule has 0 bridgehead atoms. The van der Waals surface area contributed by atoms with E-state index in [1.54, 1.807) is 0 Å². The van der Waals surface area contributed by atoms with E-state index >= 15 is 0 Å². The van der Waals surface area contributed by atoms with Gasteiger partial charge in [0.25, 0.3) is 0 Å². The molecule has 3 nitrogen and oxygen atoms in total. The molecule has 3 unspecified atom stereocenters. The van der Waals surface area contributed by atoms with Gasteiger partial charge >= 0.3 is 0 Å². The molecular weight excluding hydrogens is 260 g/mol. The fourth-order valence-electron chi connectivity index (χ4n) is 3.50. The molecule has 1 N–H and O–H groups in total. The lowest BCUT2D eigenvalue weighted by Crippen LogP contribution is -2.56. The Labute approximate surface area is 129 Å². The maximum absolute atomic E-state index is 5.80. The Bertz CT molecular complexity index is 460. The number of fused-ring (bicyclic) bond motifs is 1. The molecular formula is C18H30N2O. The van der Waals surface area contributed by atoms with Crippen molar-refractivity contribution in [1.29, 1.82) is 0 Å². The van der Waals surface area contributed by atoms with E-state index in [2.05, 4.69) is 69.5 Å². The van der Waals surface area contributed by atoms with Crippen molar-refractivity contribution in [1.82, 2.24) is 10.2 Å². The van der Waals surface area contributed by atoms with Gasteiger partial charge in [0, 0.05) is 11.6 Å². The van der Waals surface area contributed by atoms with E-state index < -0.39 is 0 Å². The molecule has 21 heavy (non-hydrogen) atoms. The van der Waals surface area contributed by atoms with Crippen molar-refractivity contribution in [3.8, 4) is 5.75 Å². The van der Waals surface area contributed by atoms with Crippen LogP contribution in [0.25, 0.3) is 0 Å². The minimum atomic E-state index is 0.169. The summed E-state index contributed by atoms with van der Waals surface area (Å²) in [5, 5.41) is 3.57. The molecule has 0 radical (unpaired) electrons. The van der Waals surface area contributed by atoms with E-state index in [-0.39, 0.29) is 5.54 Å². The first-order valence-corrected chi connectivity index (χ1v) is 8.09. The highest BCUT2D eigenvalue weighted by Gasteiger charge is 2.36. The summed E-state index contributed by atoms with van der Waals surface area (Å²) in [6, 6.07) is 8.98. The summed E-state index contributed by atoms with van der Waals surface area (Å²) in [6.45, 7) is 5.48. The van der Waals surface area contributed by atoms with Gasteiger partial charge in [0.2, 0.25) is 0 Å². The first-order valence-electron chi connectivity index (χ1n) is 8.09. The van der Waals surface area contributed by atoms with Gasteiger partial charge in [-0.15, -0.1) is 0 Å². The van der Waals surface area contributed by atoms with Gasteiger partial charge in [-0.25, -0.2) is 0 Å². The van der Waals surface area contributed by atoms with Crippen LogP contribution in [-0.4, -0.2) is 44.2 Å². The van der Waals surface area contributed by atoms with Crippen LogP contribution < -0.4 is 10.1 Å². The summed E-state index contributed by atoms with van der Waals surface area (Å²) in [6.07, 6.45) is 3.40. The first kappa shape index (κ1) is 16.3. The second-order valence-corrected chi connectivity index (χ2v) is 6.55. The third kappa shape index (κ3) is 3.24. The molecule has 0 spiro atoms. The minimum absolute atomic E-state index is 0.169. The Morgan fingerprint density at radius 1 is 1.38 bits per heavy atom. The molecule has 1 aliphatic heterocycles. The van der Waals surface area contributed by atoms with E-state index in [0.717, 1.165) is 31.6 Å². The molecule has 1 aromatic carbocycles. The predicted molar refractivity (Wildman–Crippen MR) is 89.1 cm³/mol. The van der Waals surface area contributed by atoms with Crippen molar-refractivity contribution < 1.29 is 4.74 Å². The normalized spacial score (nSPS) is 22.3. The summed E-state index contributed by atoms with van der Waals surface area (Å²) in [4.78, 5) is 2.36. The van der Waals surface area contributed by atoms with Crippen molar-refractivity contribution in [2.24, 2.45) is 0 Å². The second kappa shape index (κ2) is 6.80. The maximum Gasteiger partial charge on any atom is 0.122 e. The first-order chi connectivity index (χ1) is 10.0. The summed E-state index contributed by atoms with van der Waals surface area (Å²) in [5.74, 6) is 1.66. The van der Waals surface area contributed by atoms with Gasteiger partial charge in [0.1, 0.15) is 5.75 Å². The summed E-state index contributed by atoms with van der Waals surface area (Å²) < 4.78 is 5.80. The Balaban J connectivity index is 2.20. The molecule has 0 aliphatic carbocycles. The predicted octanol–water partition coefficient (Wildman–Crippen LogP) is 3.26. The van der Waals surface area contributed by atoms with E-state index in [1.807, 2.05) is 0 Å². The van der Waals surface area contributed by atoms with Crippen molar-refractivity contribution in [3.05, 3.63) is 29.8 Å². The number of benzene rings is 1. The largest absolute Gasteiger partial charge is 0.493 e. The van der Waals surface area contributed by atoms with Crippen LogP contribution in [0, 0.1) is 0 Å². The fraction of sp³-hybridized carbons (Fsp3) is 0.667. The number of hydrogen-bond donors (Lipinski definition) is 1. The number of hydrogen-bond acceptors (Lipinski definition) is 3. The van der Waals surface area contributed by atoms with Crippen LogP contribution in [-0.2, 0) is 0 Å². The van der Waals surface area contributed by atoms with Crippen LogP contribution in [0.5, 0.6) is 5.75 Å². The minimum Gasteiger partial charge on any atom is -0.493 e. The number of ether oxygens (including phenoxy) is 1. The molecule has 0 saturated heterocycles. The van der Waals surface area contributed by atoms with Gasteiger partial charge in [-0.1, -0.05) is 25.1 Å². The lowest BCUT2D eigenvalue weighted by molar-refractivity contribution is 0.104. The number of nitrogens with one attached hydrogen (secondary N) is 1. The molecule has 0 fully saturated rings. The van der Waals surface area contributed by atoms with Crippen molar-refractivity contribution in [3.63, 3.8) is 0 Å². The molecule has 1 aromatic rings. The van der Waals surface area contributed by atoms with E-state index in [9.17, 15) is 0 Å². The zero-order valence-corrected chi connectivity index (χ0v) is 14.1. The van der Waals surface area contributed by atoms with Gasteiger partial charge in [-0.05, 0) is 64.9 Å². The summed E-state index contributed by atoms with van der Waals surface area (Å²) in [7, 11) is 6.46. The Hall–Kier alpha value is -1.06. The highest BCUT2D eigenvalue weighted by molar-refractivity contribution is 5.37.